The number of aryl methyl sites for hydroxylation is 3. The molecule has 0 unspecified atom stereocenters. The quantitative estimate of drug-likeness (QED) is 0.630. The smallest absolute Gasteiger partial charge is 0.187 e. The van der Waals surface area contributed by atoms with Gasteiger partial charge in [-0.15, -0.1) is 11.3 Å². The van der Waals surface area contributed by atoms with Gasteiger partial charge < -0.3 is 10.2 Å². The second-order valence-corrected chi connectivity index (χ2v) is 10.7. The number of piperidine rings is 1. The Morgan fingerprint density at radius 2 is 1.81 bits per heavy atom. The molecule has 0 amide bonds. The molecule has 2 aromatic heterocycles. The van der Waals surface area contributed by atoms with Gasteiger partial charge >= 0.3 is 0 Å². The molecule has 3 aliphatic rings. The Kier molecular flexibility index (Phi) is 5.41. The number of nitrogens with zero attached hydrogens (tertiary/aromatic N) is 2. The average Bonchev–Trinajstić information content (AvgIpc) is 3.19. The average molecular weight is 434 g/mol. The largest absolute Gasteiger partial charge is 0.363 e. The second-order valence-electron chi connectivity index (χ2n) is 9.65. The third kappa shape index (κ3) is 3.87. The summed E-state index contributed by atoms with van der Waals surface area (Å²) in [6.45, 7) is 3.50. The number of benzene rings is 1. The molecule has 0 bridgehead atoms. The van der Waals surface area contributed by atoms with E-state index in [2.05, 4.69) is 29.6 Å². The van der Waals surface area contributed by atoms with Crippen molar-refractivity contribution in [3.63, 3.8) is 0 Å². The topological polar surface area (TPSA) is 42.2 Å². The number of nitrogens with one attached hydrogen (secondary N) is 2. The van der Waals surface area contributed by atoms with Crippen molar-refractivity contribution in [3.05, 3.63) is 51.7 Å². The number of hydrogen-bond donors (Lipinski definition) is 2. The van der Waals surface area contributed by atoms with Gasteiger partial charge in [0.1, 0.15) is 17.2 Å². The Hall–Kier alpha value is -1.98. The van der Waals surface area contributed by atoms with E-state index < -0.39 is 0 Å². The van der Waals surface area contributed by atoms with E-state index in [0.717, 1.165) is 18.2 Å². The molecule has 3 aromatic rings. The first-order chi connectivity index (χ1) is 15.3. The van der Waals surface area contributed by atoms with Gasteiger partial charge in [-0.05, 0) is 80.9 Å². The van der Waals surface area contributed by atoms with E-state index in [4.69, 9.17) is 9.97 Å². The van der Waals surface area contributed by atoms with E-state index in [9.17, 15) is 0 Å². The van der Waals surface area contributed by atoms with Crippen molar-refractivity contribution in [1.82, 2.24) is 9.97 Å². The van der Waals surface area contributed by atoms with Crippen molar-refractivity contribution in [2.75, 3.05) is 18.4 Å². The van der Waals surface area contributed by atoms with Gasteiger partial charge in [0.25, 0.3) is 0 Å². The summed E-state index contributed by atoms with van der Waals surface area (Å²) in [7, 11) is 0. The maximum Gasteiger partial charge on any atom is 0.187 e. The number of aromatic nitrogens is 2. The van der Waals surface area contributed by atoms with Crippen LogP contribution in [0.2, 0.25) is 0 Å². The maximum atomic E-state index is 5.21. The molecular formula is C26H33N4S+. The van der Waals surface area contributed by atoms with E-state index in [1.54, 1.807) is 9.78 Å². The number of thiophene rings is 1. The highest BCUT2D eigenvalue weighted by molar-refractivity contribution is 7.19. The summed E-state index contributed by atoms with van der Waals surface area (Å²) in [6.07, 6.45) is 12.7. The summed E-state index contributed by atoms with van der Waals surface area (Å²) in [5.74, 6) is 2.15. The molecule has 1 aromatic carbocycles. The normalized spacial score (nSPS) is 21.6. The van der Waals surface area contributed by atoms with Crippen LogP contribution < -0.4 is 10.2 Å². The third-order valence-corrected chi connectivity index (χ3v) is 8.70. The van der Waals surface area contributed by atoms with Crippen LogP contribution in [0.15, 0.2) is 24.3 Å². The SMILES string of the molecule is c1ccc2c(c1)CCC[C@@H]2Nc1nc(C[NH+]2CCCCC2)nc2sc3c(c12)CCCC3. The fraction of sp³-hybridized carbons (Fsp3) is 0.538. The van der Waals surface area contributed by atoms with Crippen LogP contribution in [-0.4, -0.2) is 23.1 Å². The molecule has 1 saturated heterocycles. The molecule has 0 spiro atoms. The highest BCUT2D eigenvalue weighted by atomic mass is 32.1. The van der Waals surface area contributed by atoms with Gasteiger partial charge in [0.2, 0.25) is 0 Å². The molecule has 1 aliphatic heterocycles. The van der Waals surface area contributed by atoms with Crippen LogP contribution in [0.3, 0.4) is 0 Å². The van der Waals surface area contributed by atoms with Crippen LogP contribution in [0.4, 0.5) is 5.82 Å². The van der Waals surface area contributed by atoms with Crippen LogP contribution in [-0.2, 0) is 25.8 Å². The monoisotopic (exact) mass is 433 g/mol. The summed E-state index contributed by atoms with van der Waals surface area (Å²) in [5.41, 5.74) is 4.50. The Labute approximate surface area is 189 Å². The molecule has 31 heavy (non-hydrogen) atoms. The number of hydrogen-bond acceptors (Lipinski definition) is 4. The van der Waals surface area contributed by atoms with Gasteiger partial charge in [-0.3, -0.25) is 0 Å². The van der Waals surface area contributed by atoms with E-state index in [1.807, 2.05) is 11.3 Å². The Bertz CT molecular complexity index is 1080. The standard InChI is InChI=1S/C26H32N4S/c1-6-15-30(16-7-1)17-23-28-25(24-20-12-4-5-14-22(20)31-26(24)29-23)27-21-13-8-10-18-9-2-3-11-19(18)21/h2-3,9,11,21H,1,4-8,10,12-17H2,(H,27,28,29)/p+1/t21-/m0/s1. The highest BCUT2D eigenvalue weighted by Gasteiger charge is 2.26. The lowest BCUT2D eigenvalue weighted by atomic mass is 9.87. The third-order valence-electron chi connectivity index (χ3n) is 7.51. The van der Waals surface area contributed by atoms with E-state index >= 15 is 0 Å². The van der Waals surface area contributed by atoms with E-state index in [-0.39, 0.29) is 0 Å². The van der Waals surface area contributed by atoms with E-state index in [1.165, 1.54) is 104 Å². The minimum atomic E-state index is 0.359. The van der Waals surface area contributed by atoms with Crippen molar-refractivity contribution >= 4 is 27.4 Å². The summed E-state index contributed by atoms with van der Waals surface area (Å²) in [4.78, 5) is 14.8. The number of rotatable bonds is 4. The molecule has 0 saturated carbocycles. The summed E-state index contributed by atoms with van der Waals surface area (Å²) in [6, 6.07) is 9.34. The number of fused-ring (bicyclic) bond motifs is 4. The molecule has 3 heterocycles. The lowest BCUT2D eigenvalue weighted by molar-refractivity contribution is -0.919. The minimum Gasteiger partial charge on any atom is -0.363 e. The molecule has 2 N–H and O–H groups in total. The molecule has 162 valence electrons. The Morgan fingerprint density at radius 3 is 2.74 bits per heavy atom. The first-order valence-electron chi connectivity index (χ1n) is 12.3. The van der Waals surface area contributed by atoms with Gasteiger partial charge in [-0.25, -0.2) is 9.97 Å². The first-order valence-corrected chi connectivity index (χ1v) is 13.2. The van der Waals surface area contributed by atoms with Gasteiger partial charge in [-0.2, -0.15) is 0 Å². The first kappa shape index (κ1) is 19.7. The predicted octanol–water partition coefficient (Wildman–Crippen LogP) is 4.63. The van der Waals surface area contributed by atoms with Gasteiger partial charge in [0.05, 0.1) is 24.5 Å². The van der Waals surface area contributed by atoms with Crippen LogP contribution in [0.5, 0.6) is 0 Å². The molecule has 2 aliphatic carbocycles. The van der Waals surface area contributed by atoms with Crippen molar-refractivity contribution in [3.8, 4) is 0 Å². The lowest BCUT2D eigenvalue weighted by Gasteiger charge is -2.27. The maximum absolute atomic E-state index is 5.21. The van der Waals surface area contributed by atoms with Crippen LogP contribution in [0, 0.1) is 0 Å². The predicted molar refractivity (Wildman–Crippen MR) is 128 cm³/mol. The van der Waals surface area contributed by atoms with Gasteiger partial charge in [0.15, 0.2) is 5.82 Å². The van der Waals surface area contributed by atoms with Crippen LogP contribution in [0.25, 0.3) is 10.2 Å². The summed E-state index contributed by atoms with van der Waals surface area (Å²) >= 11 is 1.94. The van der Waals surface area contributed by atoms with Gasteiger partial charge in [-0.1, -0.05) is 24.3 Å². The zero-order valence-corrected chi connectivity index (χ0v) is 19.2. The molecule has 1 fully saturated rings. The molecular weight excluding hydrogens is 400 g/mol. The number of anilines is 1. The summed E-state index contributed by atoms with van der Waals surface area (Å²) < 4.78 is 0. The lowest BCUT2D eigenvalue weighted by Crippen LogP contribution is -3.11. The van der Waals surface area contributed by atoms with Crippen molar-refractivity contribution in [2.45, 2.75) is 76.8 Å². The number of likely N-dealkylation sites (tertiary alicyclic amines) is 1. The fourth-order valence-electron chi connectivity index (χ4n) is 5.91. The fourth-order valence-corrected chi connectivity index (χ4v) is 7.19. The zero-order chi connectivity index (χ0) is 20.6. The second kappa shape index (κ2) is 8.51. The zero-order valence-electron chi connectivity index (χ0n) is 18.4. The number of quaternary nitrogens is 1. The highest BCUT2D eigenvalue weighted by Crippen LogP contribution is 2.40. The summed E-state index contributed by atoms with van der Waals surface area (Å²) in [5, 5.41) is 5.27. The van der Waals surface area contributed by atoms with Crippen LogP contribution >= 0.6 is 11.3 Å². The Morgan fingerprint density at radius 1 is 0.935 bits per heavy atom. The van der Waals surface area contributed by atoms with Gasteiger partial charge in [0, 0.05) is 4.88 Å². The molecule has 5 heteroatoms. The van der Waals surface area contributed by atoms with Crippen molar-refractivity contribution in [1.29, 1.82) is 0 Å². The molecule has 6 rings (SSSR count). The Balaban J connectivity index is 1.40. The van der Waals surface area contributed by atoms with Crippen LogP contribution in [0.1, 0.15) is 78.4 Å². The van der Waals surface area contributed by atoms with Crippen molar-refractivity contribution in [2.24, 2.45) is 0 Å². The molecule has 0 radical (unpaired) electrons. The van der Waals surface area contributed by atoms with E-state index in [0.29, 0.717) is 6.04 Å². The van der Waals surface area contributed by atoms with Crippen molar-refractivity contribution < 1.29 is 4.90 Å². The molecule has 1 atom stereocenters. The molecule has 4 nitrogen and oxygen atoms in total. The minimum absolute atomic E-state index is 0.359.